The Morgan fingerprint density at radius 1 is 1.07 bits per heavy atom. The Morgan fingerprint density at radius 2 is 1.83 bits per heavy atom. The van der Waals surface area contributed by atoms with Gasteiger partial charge in [0.1, 0.15) is 5.75 Å². The van der Waals surface area contributed by atoms with Gasteiger partial charge in [-0.3, -0.25) is 4.79 Å². The highest BCUT2D eigenvalue weighted by Gasteiger charge is 2.57. The molecule has 1 saturated carbocycles. The lowest BCUT2D eigenvalue weighted by Gasteiger charge is -2.08. The normalized spacial score (nSPS) is 16.4. The van der Waals surface area contributed by atoms with Crippen LogP contribution in [0.1, 0.15) is 23.2 Å². The number of ketones is 1. The molecule has 2 heterocycles. The molecule has 9 heteroatoms. The molecule has 0 amide bonds. The van der Waals surface area contributed by atoms with Crippen molar-refractivity contribution < 1.29 is 17.9 Å². The lowest BCUT2D eigenvalue weighted by molar-refractivity contribution is 0.0820. The molecule has 0 radical (unpaired) electrons. The van der Waals surface area contributed by atoms with Crippen LogP contribution in [0.5, 0.6) is 5.75 Å². The SMILES string of the molecule is NS(=O)(=O)c1ccc(Nc2nccc(-c3ccc4c(c3)C(=O)C3(CC3)O4)n2)cc1. The Balaban J connectivity index is 1.41. The Labute approximate surface area is 166 Å². The zero-order valence-electron chi connectivity index (χ0n) is 15.1. The van der Waals surface area contributed by atoms with Gasteiger partial charge in [-0.25, -0.2) is 23.5 Å². The first kappa shape index (κ1) is 17.8. The molecule has 3 N–H and O–H groups in total. The number of benzene rings is 2. The molecule has 146 valence electrons. The van der Waals surface area contributed by atoms with Gasteiger partial charge in [0.2, 0.25) is 21.8 Å². The van der Waals surface area contributed by atoms with Gasteiger partial charge >= 0.3 is 0 Å². The fraction of sp³-hybridized carbons (Fsp3) is 0.150. The average molecular weight is 408 g/mol. The van der Waals surface area contributed by atoms with Gasteiger partial charge in [-0.05, 0) is 61.4 Å². The highest BCUT2D eigenvalue weighted by molar-refractivity contribution is 7.89. The van der Waals surface area contributed by atoms with E-state index in [1.54, 1.807) is 36.5 Å². The fourth-order valence-electron chi connectivity index (χ4n) is 3.34. The molecule has 0 saturated heterocycles. The molecule has 8 nitrogen and oxygen atoms in total. The van der Waals surface area contributed by atoms with Crippen LogP contribution in [-0.4, -0.2) is 29.8 Å². The summed E-state index contributed by atoms with van der Waals surface area (Å²) in [5.74, 6) is 1.00. The molecule has 0 atom stereocenters. The van der Waals surface area contributed by atoms with Crippen molar-refractivity contribution in [2.24, 2.45) is 5.14 Å². The molecule has 1 fully saturated rings. The van der Waals surface area contributed by atoms with Gasteiger partial charge in [-0.1, -0.05) is 0 Å². The van der Waals surface area contributed by atoms with Crippen LogP contribution >= 0.6 is 0 Å². The summed E-state index contributed by atoms with van der Waals surface area (Å²) in [6, 6.07) is 13.2. The predicted molar refractivity (Wildman–Crippen MR) is 105 cm³/mol. The lowest BCUT2D eigenvalue weighted by Crippen LogP contribution is -2.21. The fourth-order valence-corrected chi connectivity index (χ4v) is 3.85. The number of nitrogens with one attached hydrogen (secondary N) is 1. The minimum Gasteiger partial charge on any atom is -0.478 e. The Bertz CT molecular complexity index is 1250. The van der Waals surface area contributed by atoms with Crippen LogP contribution in [-0.2, 0) is 10.0 Å². The monoisotopic (exact) mass is 408 g/mol. The van der Waals surface area contributed by atoms with Crippen LogP contribution in [0.2, 0.25) is 0 Å². The molecular formula is C20H16N4O4S. The molecule has 1 aliphatic heterocycles. The molecule has 1 spiro atoms. The number of ether oxygens (including phenoxy) is 1. The Kier molecular flexibility index (Phi) is 3.74. The number of Topliss-reactive ketones (excluding diaryl/α,β-unsaturated/α-hetero) is 1. The third-order valence-electron chi connectivity index (χ3n) is 5.04. The van der Waals surface area contributed by atoms with E-state index in [-0.39, 0.29) is 10.7 Å². The molecule has 2 aromatic carbocycles. The quantitative estimate of drug-likeness (QED) is 0.680. The van der Waals surface area contributed by atoms with Crippen molar-refractivity contribution in [3.63, 3.8) is 0 Å². The van der Waals surface area contributed by atoms with Crippen LogP contribution in [0, 0.1) is 0 Å². The lowest BCUT2D eigenvalue weighted by atomic mass is 10.0. The van der Waals surface area contributed by atoms with Gasteiger partial charge in [0.05, 0.1) is 16.2 Å². The summed E-state index contributed by atoms with van der Waals surface area (Å²) in [5, 5.41) is 8.13. The van der Waals surface area contributed by atoms with Crippen LogP contribution in [0.15, 0.2) is 59.6 Å². The number of nitrogens with zero attached hydrogens (tertiary/aromatic N) is 2. The second kappa shape index (κ2) is 6.10. The summed E-state index contributed by atoms with van der Waals surface area (Å²) >= 11 is 0. The van der Waals surface area contributed by atoms with E-state index in [0.29, 0.717) is 28.6 Å². The van der Waals surface area contributed by atoms with E-state index in [2.05, 4.69) is 15.3 Å². The first-order chi connectivity index (χ1) is 13.8. The van der Waals surface area contributed by atoms with Crippen molar-refractivity contribution in [2.45, 2.75) is 23.3 Å². The summed E-state index contributed by atoms with van der Waals surface area (Å²) in [7, 11) is -3.75. The molecule has 3 aromatic rings. The summed E-state index contributed by atoms with van der Waals surface area (Å²) < 4.78 is 28.5. The standard InChI is InChI=1S/C20H16N4O4S/c21-29(26,27)14-4-2-13(3-5-14)23-19-22-10-7-16(24-19)12-1-6-17-15(11-12)18(25)20(28-17)8-9-20/h1-7,10-11H,8-9H2,(H2,21,26,27)(H,22,23,24). The molecule has 0 bridgehead atoms. The predicted octanol–water partition coefficient (Wildman–Crippen LogP) is 2.64. The Morgan fingerprint density at radius 3 is 2.52 bits per heavy atom. The maximum absolute atomic E-state index is 12.5. The smallest absolute Gasteiger partial charge is 0.238 e. The highest BCUT2D eigenvalue weighted by atomic mass is 32.2. The zero-order valence-corrected chi connectivity index (χ0v) is 15.9. The number of carbonyl (C=O) groups excluding carboxylic acids is 1. The van der Waals surface area contributed by atoms with Crippen LogP contribution in [0.3, 0.4) is 0 Å². The van der Waals surface area contributed by atoms with E-state index in [1.165, 1.54) is 12.1 Å². The number of hydrogen-bond acceptors (Lipinski definition) is 7. The minimum atomic E-state index is -3.75. The summed E-state index contributed by atoms with van der Waals surface area (Å²) in [6.45, 7) is 0. The van der Waals surface area contributed by atoms with E-state index in [1.807, 2.05) is 6.07 Å². The molecule has 1 aromatic heterocycles. The number of fused-ring (bicyclic) bond motifs is 1. The number of rotatable bonds is 4. The molecular weight excluding hydrogens is 392 g/mol. The van der Waals surface area contributed by atoms with Gasteiger partial charge in [0.25, 0.3) is 0 Å². The van der Waals surface area contributed by atoms with E-state index in [0.717, 1.165) is 18.4 Å². The Hall–Kier alpha value is -3.30. The second-order valence-corrected chi connectivity index (χ2v) is 8.66. The molecule has 0 unspecified atom stereocenters. The topological polar surface area (TPSA) is 124 Å². The number of anilines is 2. The largest absolute Gasteiger partial charge is 0.478 e. The average Bonchev–Trinajstić information content (AvgIpc) is 3.42. The first-order valence-electron chi connectivity index (χ1n) is 8.95. The van der Waals surface area contributed by atoms with Crippen molar-refractivity contribution >= 4 is 27.4 Å². The van der Waals surface area contributed by atoms with Crippen LogP contribution in [0.25, 0.3) is 11.3 Å². The third kappa shape index (κ3) is 3.14. The molecule has 5 rings (SSSR count). The van der Waals surface area contributed by atoms with Gasteiger partial charge in [0, 0.05) is 17.4 Å². The van der Waals surface area contributed by atoms with Crippen molar-refractivity contribution in [1.82, 2.24) is 9.97 Å². The zero-order chi connectivity index (χ0) is 20.2. The van der Waals surface area contributed by atoms with Crippen LogP contribution < -0.4 is 15.2 Å². The van der Waals surface area contributed by atoms with Gasteiger partial charge in [0.15, 0.2) is 5.60 Å². The van der Waals surface area contributed by atoms with E-state index in [9.17, 15) is 13.2 Å². The maximum atomic E-state index is 12.5. The molecule has 2 aliphatic rings. The number of nitrogens with two attached hydrogens (primary N) is 1. The number of sulfonamides is 1. The molecule has 1 aliphatic carbocycles. The van der Waals surface area contributed by atoms with Crippen LogP contribution in [0.4, 0.5) is 11.6 Å². The summed E-state index contributed by atoms with van der Waals surface area (Å²) in [6.07, 6.45) is 3.14. The minimum absolute atomic E-state index is 0.0242. The summed E-state index contributed by atoms with van der Waals surface area (Å²) in [4.78, 5) is 21.3. The maximum Gasteiger partial charge on any atom is 0.238 e. The summed E-state index contributed by atoms with van der Waals surface area (Å²) in [5.41, 5.74) is 2.02. The van der Waals surface area contributed by atoms with Crippen molar-refractivity contribution in [1.29, 1.82) is 0 Å². The second-order valence-electron chi connectivity index (χ2n) is 7.10. The number of hydrogen-bond donors (Lipinski definition) is 2. The van der Waals surface area contributed by atoms with Gasteiger partial charge in [-0.15, -0.1) is 0 Å². The first-order valence-corrected chi connectivity index (χ1v) is 10.5. The number of aromatic nitrogens is 2. The van der Waals surface area contributed by atoms with Gasteiger partial charge < -0.3 is 10.1 Å². The van der Waals surface area contributed by atoms with Crippen molar-refractivity contribution in [3.05, 3.63) is 60.3 Å². The van der Waals surface area contributed by atoms with Crippen molar-refractivity contribution in [2.75, 3.05) is 5.32 Å². The van der Waals surface area contributed by atoms with Gasteiger partial charge in [-0.2, -0.15) is 0 Å². The highest BCUT2D eigenvalue weighted by Crippen LogP contribution is 2.50. The number of carbonyl (C=O) groups is 1. The van der Waals surface area contributed by atoms with E-state index >= 15 is 0 Å². The number of primary sulfonamides is 1. The molecule has 29 heavy (non-hydrogen) atoms. The van der Waals surface area contributed by atoms with E-state index < -0.39 is 15.6 Å². The van der Waals surface area contributed by atoms with Crippen molar-refractivity contribution in [3.8, 4) is 17.0 Å². The van der Waals surface area contributed by atoms with E-state index in [4.69, 9.17) is 9.88 Å². The third-order valence-corrected chi connectivity index (χ3v) is 5.97.